The first kappa shape index (κ1) is 20.2. The Hall–Kier alpha value is -1.12. The van der Waals surface area contributed by atoms with Crippen LogP contribution in [0.4, 0.5) is 0 Å². The van der Waals surface area contributed by atoms with Gasteiger partial charge < -0.3 is 4.74 Å². The van der Waals surface area contributed by atoms with Crippen LogP contribution in [-0.2, 0) is 14.3 Å². The Morgan fingerprint density at radius 3 is 2.54 bits per heavy atom. The number of fused-ring (bicyclic) bond motifs is 5. The van der Waals surface area contributed by atoms with Gasteiger partial charge in [-0.05, 0) is 80.0 Å². The first-order valence-corrected chi connectivity index (χ1v) is 11.6. The lowest BCUT2D eigenvalue weighted by molar-refractivity contribution is -0.149. The van der Waals surface area contributed by atoms with E-state index in [9.17, 15) is 9.59 Å². The van der Waals surface area contributed by atoms with E-state index < -0.39 is 0 Å². The van der Waals surface area contributed by atoms with Crippen molar-refractivity contribution in [2.75, 3.05) is 0 Å². The summed E-state index contributed by atoms with van der Waals surface area (Å²) < 4.78 is 5.56. The van der Waals surface area contributed by atoms with Crippen LogP contribution in [0.15, 0.2) is 11.6 Å². The highest BCUT2D eigenvalue weighted by Gasteiger charge is 2.61. The number of ether oxygens (including phenoxy) is 1. The summed E-state index contributed by atoms with van der Waals surface area (Å²) in [6.45, 7) is 10.6. The van der Waals surface area contributed by atoms with Crippen LogP contribution in [0, 0.1) is 40.4 Å². The van der Waals surface area contributed by atoms with Crippen LogP contribution in [0.2, 0.25) is 0 Å². The molecule has 0 aromatic carbocycles. The van der Waals surface area contributed by atoms with Crippen LogP contribution in [0.25, 0.3) is 0 Å². The standard InChI is InChI=1S/C25H38O3/c1-6-17-13-22-20-8-7-18-14-19(28-16(3)27)9-11-24(18,4)21(20)10-12-25(22,5)23(17)15(2)26/h7,17,19-23H,6,8-14H2,1-5H3. The summed E-state index contributed by atoms with van der Waals surface area (Å²) in [6.07, 6.45) is 11.6. The average Bonchev–Trinajstić information content (AvgIpc) is 2.94. The Bertz CT molecular complexity index is 694. The molecule has 0 aliphatic heterocycles. The van der Waals surface area contributed by atoms with Crippen molar-refractivity contribution < 1.29 is 14.3 Å². The predicted molar refractivity (Wildman–Crippen MR) is 111 cm³/mol. The lowest BCUT2D eigenvalue weighted by Gasteiger charge is -2.58. The van der Waals surface area contributed by atoms with Gasteiger partial charge in [-0.2, -0.15) is 0 Å². The number of ketones is 1. The number of carbonyl (C=O) groups excluding carboxylic acids is 2. The highest BCUT2D eigenvalue weighted by atomic mass is 16.5. The molecular weight excluding hydrogens is 348 g/mol. The van der Waals surface area contributed by atoms with Crippen molar-refractivity contribution in [2.24, 2.45) is 40.4 Å². The summed E-state index contributed by atoms with van der Waals surface area (Å²) in [5.74, 6) is 3.25. The van der Waals surface area contributed by atoms with E-state index in [4.69, 9.17) is 4.74 Å². The molecule has 0 saturated heterocycles. The molecule has 0 aromatic heterocycles. The maximum absolute atomic E-state index is 12.6. The zero-order valence-electron chi connectivity index (χ0n) is 18.4. The third-order valence-electron chi connectivity index (χ3n) is 9.53. The highest BCUT2D eigenvalue weighted by molar-refractivity contribution is 5.80. The molecule has 4 aliphatic carbocycles. The van der Waals surface area contributed by atoms with E-state index in [0.717, 1.165) is 43.9 Å². The van der Waals surface area contributed by atoms with E-state index in [1.54, 1.807) is 5.57 Å². The van der Waals surface area contributed by atoms with Crippen molar-refractivity contribution in [1.82, 2.24) is 0 Å². The van der Waals surface area contributed by atoms with Crippen LogP contribution in [-0.4, -0.2) is 17.9 Å². The highest BCUT2D eigenvalue weighted by Crippen LogP contribution is 2.67. The minimum absolute atomic E-state index is 0.0697. The van der Waals surface area contributed by atoms with Gasteiger partial charge in [0.25, 0.3) is 0 Å². The van der Waals surface area contributed by atoms with Crippen molar-refractivity contribution in [3.63, 3.8) is 0 Å². The summed E-state index contributed by atoms with van der Waals surface area (Å²) in [7, 11) is 0. The molecule has 3 saturated carbocycles. The van der Waals surface area contributed by atoms with Crippen LogP contribution >= 0.6 is 0 Å². The number of hydrogen-bond donors (Lipinski definition) is 0. The van der Waals surface area contributed by atoms with Crippen molar-refractivity contribution in [2.45, 2.75) is 92.1 Å². The Labute approximate surface area is 170 Å². The van der Waals surface area contributed by atoms with E-state index in [1.165, 1.54) is 26.2 Å². The summed E-state index contributed by atoms with van der Waals surface area (Å²) in [6, 6.07) is 0. The number of esters is 1. The first-order valence-electron chi connectivity index (χ1n) is 11.6. The fourth-order valence-electron chi connectivity index (χ4n) is 8.34. The van der Waals surface area contributed by atoms with Gasteiger partial charge in [-0.1, -0.05) is 38.8 Å². The Kier molecular flexibility index (Phi) is 5.03. The van der Waals surface area contributed by atoms with Crippen LogP contribution in [0.5, 0.6) is 0 Å². The van der Waals surface area contributed by atoms with E-state index >= 15 is 0 Å². The van der Waals surface area contributed by atoms with Gasteiger partial charge in [-0.25, -0.2) is 0 Å². The smallest absolute Gasteiger partial charge is 0.302 e. The maximum atomic E-state index is 12.6. The van der Waals surface area contributed by atoms with Gasteiger partial charge in [0.1, 0.15) is 11.9 Å². The zero-order valence-corrected chi connectivity index (χ0v) is 18.4. The molecule has 4 aliphatic rings. The van der Waals surface area contributed by atoms with E-state index in [-0.39, 0.29) is 28.8 Å². The van der Waals surface area contributed by atoms with Gasteiger partial charge in [0.15, 0.2) is 0 Å². The van der Waals surface area contributed by atoms with Gasteiger partial charge in [0.2, 0.25) is 0 Å². The molecule has 0 aromatic rings. The van der Waals surface area contributed by atoms with Gasteiger partial charge in [-0.3, -0.25) is 9.59 Å². The van der Waals surface area contributed by atoms with Gasteiger partial charge in [0, 0.05) is 19.3 Å². The molecule has 28 heavy (non-hydrogen) atoms. The Morgan fingerprint density at radius 2 is 1.89 bits per heavy atom. The Morgan fingerprint density at radius 1 is 1.14 bits per heavy atom. The zero-order chi connectivity index (χ0) is 20.3. The number of hydrogen-bond acceptors (Lipinski definition) is 3. The molecule has 4 rings (SSSR count). The normalized spacial score (nSPS) is 47.4. The third kappa shape index (κ3) is 2.91. The fourth-order valence-corrected chi connectivity index (χ4v) is 8.34. The minimum Gasteiger partial charge on any atom is -0.462 e. The SMILES string of the molecule is CCC1CC2C3CC=C4CC(OC(C)=O)CCC4(C)C3CCC2(C)C1C(C)=O. The molecular formula is C25H38O3. The third-order valence-corrected chi connectivity index (χ3v) is 9.53. The van der Waals surface area contributed by atoms with E-state index in [1.807, 2.05) is 6.92 Å². The molecule has 3 fully saturated rings. The van der Waals surface area contributed by atoms with Crippen molar-refractivity contribution in [3.05, 3.63) is 11.6 Å². The first-order chi connectivity index (χ1) is 13.2. The van der Waals surface area contributed by atoms with Gasteiger partial charge in [-0.15, -0.1) is 0 Å². The molecule has 0 spiro atoms. The number of Topliss-reactive ketones (excluding diaryl/α,β-unsaturated/α-hetero) is 1. The predicted octanol–water partition coefficient (Wildman–Crippen LogP) is 5.72. The molecule has 0 N–H and O–H groups in total. The molecule has 0 radical (unpaired) electrons. The number of allylic oxidation sites excluding steroid dienone is 1. The van der Waals surface area contributed by atoms with E-state index in [2.05, 4.69) is 26.8 Å². The number of carbonyl (C=O) groups is 2. The largest absolute Gasteiger partial charge is 0.462 e. The second-order valence-corrected chi connectivity index (χ2v) is 10.8. The monoisotopic (exact) mass is 386 g/mol. The summed E-state index contributed by atoms with van der Waals surface area (Å²) in [4.78, 5) is 24.0. The van der Waals surface area contributed by atoms with Crippen LogP contribution in [0.3, 0.4) is 0 Å². The topological polar surface area (TPSA) is 43.4 Å². The van der Waals surface area contributed by atoms with Crippen LogP contribution < -0.4 is 0 Å². The second kappa shape index (κ2) is 6.99. The molecule has 3 heteroatoms. The quantitative estimate of drug-likeness (QED) is 0.460. The van der Waals surface area contributed by atoms with Gasteiger partial charge in [0.05, 0.1) is 0 Å². The second-order valence-electron chi connectivity index (χ2n) is 10.8. The minimum atomic E-state index is -0.150. The molecule has 0 heterocycles. The summed E-state index contributed by atoms with van der Waals surface area (Å²) in [5.41, 5.74) is 2.00. The summed E-state index contributed by atoms with van der Waals surface area (Å²) >= 11 is 0. The lowest BCUT2D eigenvalue weighted by Crippen LogP contribution is -2.51. The molecule has 156 valence electrons. The van der Waals surface area contributed by atoms with Crippen molar-refractivity contribution >= 4 is 11.8 Å². The van der Waals surface area contributed by atoms with Crippen molar-refractivity contribution in [3.8, 4) is 0 Å². The summed E-state index contributed by atoms with van der Waals surface area (Å²) in [5, 5.41) is 0. The number of rotatable bonds is 3. The molecule has 0 amide bonds. The molecule has 8 atom stereocenters. The molecule has 8 unspecified atom stereocenters. The lowest BCUT2D eigenvalue weighted by atomic mass is 9.47. The van der Waals surface area contributed by atoms with Crippen LogP contribution in [0.1, 0.15) is 86.0 Å². The van der Waals surface area contributed by atoms with Gasteiger partial charge >= 0.3 is 5.97 Å². The Balaban J connectivity index is 1.61. The fraction of sp³-hybridized carbons (Fsp3) is 0.840. The molecule has 0 bridgehead atoms. The molecule has 3 nitrogen and oxygen atoms in total. The average molecular weight is 387 g/mol. The maximum Gasteiger partial charge on any atom is 0.302 e. The van der Waals surface area contributed by atoms with Crippen molar-refractivity contribution in [1.29, 1.82) is 0 Å². The van der Waals surface area contributed by atoms with E-state index in [0.29, 0.717) is 17.6 Å².